The number of hydrogen-bond acceptors (Lipinski definition) is 5. The van der Waals surface area contributed by atoms with Crippen LogP contribution in [0.2, 0.25) is 5.02 Å². The van der Waals surface area contributed by atoms with Gasteiger partial charge in [-0.3, -0.25) is 0 Å². The van der Waals surface area contributed by atoms with Crippen LogP contribution in [0.15, 0.2) is 30.5 Å². The van der Waals surface area contributed by atoms with E-state index in [9.17, 15) is 0 Å². The molecule has 0 aliphatic heterocycles. The quantitative estimate of drug-likeness (QED) is 0.585. The second-order valence-electron chi connectivity index (χ2n) is 8.60. The fraction of sp³-hybridized carbons (Fsp3) is 0.565. The molecule has 0 bridgehead atoms. The van der Waals surface area contributed by atoms with Crippen LogP contribution in [0.1, 0.15) is 57.8 Å². The number of hydrogen-bond donors (Lipinski definition) is 3. The van der Waals surface area contributed by atoms with Gasteiger partial charge in [-0.2, -0.15) is 0 Å². The van der Waals surface area contributed by atoms with Crippen LogP contribution in [-0.4, -0.2) is 28.6 Å². The van der Waals surface area contributed by atoms with Crippen LogP contribution in [0.5, 0.6) is 0 Å². The summed E-state index contributed by atoms with van der Waals surface area (Å²) in [6.07, 6.45) is 12.8. The van der Waals surface area contributed by atoms with E-state index in [0.29, 0.717) is 17.1 Å². The molecule has 2 aliphatic carbocycles. The summed E-state index contributed by atoms with van der Waals surface area (Å²) < 4.78 is 0. The third-order valence-electron chi connectivity index (χ3n) is 6.30. The van der Waals surface area contributed by atoms with E-state index in [1.54, 1.807) is 6.20 Å². The van der Waals surface area contributed by atoms with Crippen LogP contribution in [-0.2, 0) is 0 Å². The number of nitrogens with zero attached hydrogens (tertiary/aromatic N) is 2. The minimum atomic E-state index is 0.342. The molecular weight excluding hydrogens is 382 g/mol. The molecule has 2 fully saturated rings. The molecule has 5 nitrogen and oxygen atoms in total. The van der Waals surface area contributed by atoms with Gasteiger partial charge >= 0.3 is 0 Å². The maximum absolute atomic E-state index is 6.48. The largest absolute Gasteiger partial charge is 0.370 e. The first-order chi connectivity index (χ1) is 14.2. The summed E-state index contributed by atoms with van der Waals surface area (Å²) in [6, 6.07) is 8.87. The second-order valence-corrected chi connectivity index (χ2v) is 9.01. The lowest BCUT2D eigenvalue weighted by Gasteiger charge is -2.27. The van der Waals surface area contributed by atoms with Crippen molar-refractivity contribution in [2.24, 2.45) is 11.7 Å². The fourth-order valence-corrected chi connectivity index (χ4v) is 4.71. The van der Waals surface area contributed by atoms with E-state index < -0.39 is 0 Å². The van der Waals surface area contributed by atoms with Crippen molar-refractivity contribution in [3.63, 3.8) is 0 Å². The van der Waals surface area contributed by atoms with Crippen LogP contribution < -0.4 is 16.4 Å². The van der Waals surface area contributed by atoms with Crippen molar-refractivity contribution in [2.45, 2.75) is 69.9 Å². The highest BCUT2D eigenvalue weighted by Crippen LogP contribution is 2.30. The van der Waals surface area contributed by atoms with Crippen molar-refractivity contribution in [1.29, 1.82) is 0 Å². The van der Waals surface area contributed by atoms with Crippen molar-refractivity contribution in [2.75, 3.05) is 17.2 Å². The summed E-state index contributed by atoms with van der Waals surface area (Å²) in [6.45, 7) is 0.997. The van der Waals surface area contributed by atoms with Crippen LogP contribution in [0.3, 0.4) is 0 Å². The molecule has 0 unspecified atom stereocenters. The third-order valence-corrected chi connectivity index (χ3v) is 6.60. The zero-order valence-electron chi connectivity index (χ0n) is 17.0. The normalized spacial score (nSPS) is 23.0. The van der Waals surface area contributed by atoms with Crippen LogP contribution in [0.25, 0.3) is 11.3 Å². The molecular formula is C23H32ClN5. The first kappa shape index (κ1) is 20.4. The van der Waals surface area contributed by atoms with Crippen LogP contribution in [0, 0.1) is 5.92 Å². The fourth-order valence-electron chi connectivity index (χ4n) is 4.51. The van der Waals surface area contributed by atoms with Gasteiger partial charge in [0, 0.05) is 30.4 Å². The van der Waals surface area contributed by atoms with E-state index in [1.807, 2.05) is 24.3 Å². The zero-order chi connectivity index (χ0) is 20.1. The van der Waals surface area contributed by atoms with E-state index in [1.165, 1.54) is 32.1 Å². The van der Waals surface area contributed by atoms with E-state index in [0.717, 1.165) is 61.0 Å². The Bertz CT molecular complexity index is 798. The summed E-state index contributed by atoms with van der Waals surface area (Å²) in [7, 11) is 0. The lowest BCUT2D eigenvalue weighted by molar-refractivity contribution is 0.373. The molecule has 4 N–H and O–H groups in total. The van der Waals surface area contributed by atoms with Gasteiger partial charge in [-0.1, -0.05) is 36.9 Å². The summed E-state index contributed by atoms with van der Waals surface area (Å²) >= 11 is 6.48. The molecule has 0 saturated heterocycles. The first-order valence-electron chi connectivity index (χ1n) is 11.1. The third kappa shape index (κ3) is 5.61. The van der Waals surface area contributed by atoms with E-state index >= 15 is 0 Å². The van der Waals surface area contributed by atoms with E-state index in [4.69, 9.17) is 22.3 Å². The second kappa shape index (κ2) is 9.77. The lowest BCUT2D eigenvalue weighted by Crippen LogP contribution is -2.33. The van der Waals surface area contributed by atoms with Gasteiger partial charge in [0.1, 0.15) is 11.6 Å². The highest BCUT2D eigenvalue weighted by molar-refractivity contribution is 6.33. The van der Waals surface area contributed by atoms with Gasteiger partial charge in [0.05, 0.1) is 10.7 Å². The van der Waals surface area contributed by atoms with E-state index in [-0.39, 0.29) is 0 Å². The Morgan fingerprint density at radius 1 is 1.00 bits per heavy atom. The van der Waals surface area contributed by atoms with Gasteiger partial charge in [-0.15, -0.1) is 0 Å². The number of pyridine rings is 2. The predicted octanol–water partition coefficient (Wildman–Crippen LogP) is 5.47. The average Bonchev–Trinajstić information content (AvgIpc) is 2.76. The summed E-state index contributed by atoms with van der Waals surface area (Å²) in [5, 5.41) is 7.71. The average molecular weight is 414 g/mol. The highest BCUT2D eigenvalue weighted by Gasteiger charge is 2.19. The summed E-state index contributed by atoms with van der Waals surface area (Å²) in [5.74, 6) is 2.53. The Hall–Kier alpha value is -1.85. The Morgan fingerprint density at radius 3 is 2.59 bits per heavy atom. The molecule has 0 radical (unpaired) electrons. The molecule has 2 aromatic heterocycles. The van der Waals surface area contributed by atoms with Crippen LogP contribution >= 0.6 is 11.6 Å². The Morgan fingerprint density at radius 2 is 1.79 bits per heavy atom. The molecule has 2 aromatic rings. The topological polar surface area (TPSA) is 75.9 Å². The Kier molecular flexibility index (Phi) is 6.88. The molecule has 6 heteroatoms. The number of anilines is 2. The molecule has 2 saturated carbocycles. The number of rotatable bonds is 6. The molecule has 0 spiro atoms. The minimum Gasteiger partial charge on any atom is -0.370 e. The molecule has 156 valence electrons. The van der Waals surface area contributed by atoms with Crippen molar-refractivity contribution >= 4 is 23.2 Å². The van der Waals surface area contributed by atoms with Crippen molar-refractivity contribution in [3.05, 3.63) is 35.5 Å². The van der Waals surface area contributed by atoms with Gasteiger partial charge in [-0.25, -0.2) is 9.97 Å². The van der Waals surface area contributed by atoms with Gasteiger partial charge in [0.25, 0.3) is 0 Å². The molecule has 2 heterocycles. The molecule has 2 aliphatic rings. The monoisotopic (exact) mass is 413 g/mol. The van der Waals surface area contributed by atoms with Gasteiger partial charge < -0.3 is 16.4 Å². The van der Waals surface area contributed by atoms with E-state index in [2.05, 4.69) is 15.6 Å². The number of aromatic nitrogens is 2. The highest BCUT2D eigenvalue weighted by atomic mass is 35.5. The summed E-state index contributed by atoms with van der Waals surface area (Å²) in [5.41, 5.74) is 7.81. The van der Waals surface area contributed by atoms with Gasteiger partial charge in [0.15, 0.2) is 0 Å². The van der Waals surface area contributed by atoms with Crippen LogP contribution in [0.4, 0.5) is 11.6 Å². The first-order valence-corrected chi connectivity index (χ1v) is 11.4. The molecule has 0 amide bonds. The lowest BCUT2D eigenvalue weighted by atomic mass is 9.89. The number of halogens is 1. The summed E-state index contributed by atoms with van der Waals surface area (Å²) in [4.78, 5) is 9.30. The standard InChI is InChI=1S/C23H32ClN5/c24-20-15-27-23(28-18-11-9-17(25)10-12-18)13-19(20)21-7-4-8-22(29-21)26-14-16-5-2-1-3-6-16/h4,7-8,13,15-18H,1-3,5-6,9-12,14,25H2,(H,26,29)(H,27,28)/t17-,18-. The molecule has 0 atom stereocenters. The maximum atomic E-state index is 6.48. The Labute approximate surface area is 178 Å². The van der Waals surface area contributed by atoms with Crippen molar-refractivity contribution < 1.29 is 0 Å². The predicted molar refractivity (Wildman–Crippen MR) is 121 cm³/mol. The van der Waals surface area contributed by atoms with Crippen molar-refractivity contribution in [3.8, 4) is 11.3 Å². The Balaban J connectivity index is 1.44. The smallest absolute Gasteiger partial charge is 0.126 e. The number of nitrogens with one attached hydrogen (secondary N) is 2. The van der Waals surface area contributed by atoms with Gasteiger partial charge in [-0.05, 0) is 62.6 Å². The SMILES string of the molecule is N[C@H]1CC[C@H](Nc2cc(-c3cccc(NCC4CCCCC4)n3)c(Cl)cn2)CC1. The maximum Gasteiger partial charge on any atom is 0.126 e. The molecule has 0 aromatic carbocycles. The zero-order valence-corrected chi connectivity index (χ0v) is 17.8. The van der Waals surface area contributed by atoms with Gasteiger partial charge in [0.2, 0.25) is 0 Å². The minimum absolute atomic E-state index is 0.342. The molecule has 29 heavy (non-hydrogen) atoms. The molecule has 4 rings (SSSR count). The van der Waals surface area contributed by atoms with Crippen molar-refractivity contribution in [1.82, 2.24) is 9.97 Å². The number of nitrogens with two attached hydrogens (primary N) is 1.